The van der Waals surface area contributed by atoms with Gasteiger partial charge >= 0.3 is 5.97 Å². The van der Waals surface area contributed by atoms with Crippen molar-refractivity contribution in [1.82, 2.24) is 0 Å². The highest BCUT2D eigenvalue weighted by molar-refractivity contribution is 6.34. The third-order valence-corrected chi connectivity index (χ3v) is 3.98. The van der Waals surface area contributed by atoms with E-state index in [9.17, 15) is 9.59 Å². The van der Waals surface area contributed by atoms with E-state index in [0.29, 0.717) is 23.4 Å². The summed E-state index contributed by atoms with van der Waals surface area (Å²) >= 11 is 6.18. The van der Waals surface area contributed by atoms with Crippen LogP contribution in [0.2, 0.25) is 5.02 Å². The third kappa shape index (κ3) is 5.23. The molecule has 0 saturated heterocycles. The monoisotopic (exact) mass is 375 g/mol. The summed E-state index contributed by atoms with van der Waals surface area (Å²) in [6.45, 7) is 5.83. The quantitative estimate of drug-likeness (QED) is 0.717. The number of ether oxygens (including phenoxy) is 2. The molecule has 0 aliphatic heterocycles. The Hall–Kier alpha value is -2.53. The highest BCUT2D eigenvalue weighted by Gasteiger charge is 2.20. The molecular weight excluding hydrogens is 354 g/mol. The van der Waals surface area contributed by atoms with Gasteiger partial charge in [0.15, 0.2) is 6.10 Å². The molecule has 5 nitrogen and oxygen atoms in total. The van der Waals surface area contributed by atoms with Crippen LogP contribution in [0.25, 0.3) is 0 Å². The van der Waals surface area contributed by atoms with E-state index in [1.165, 1.54) is 6.07 Å². The number of anilines is 1. The van der Waals surface area contributed by atoms with Crippen molar-refractivity contribution in [2.45, 2.75) is 33.3 Å². The summed E-state index contributed by atoms with van der Waals surface area (Å²) in [5, 5.41) is 3.00. The zero-order valence-corrected chi connectivity index (χ0v) is 15.8. The zero-order valence-electron chi connectivity index (χ0n) is 15.0. The zero-order chi connectivity index (χ0) is 19.1. The Morgan fingerprint density at radius 3 is 2.54 bits per heavy atom. The number of esters is 1. The minimum atomic E-state index is -0.655. The third-order valence-electron chi connectivity index (χ3n) is 3.67. The number of aryl methyl sites for hydroxylation is 1. The number of hydrogen-bond donors (Lipinski definition) is 1. The first-order valence-corrected chi connectivity index (χ1v) is 8.83. The van der Waals surface area contributed by atoms with Crippen LogP contribution in [-0.4, -0.2) is 24.6 Å². The van der Waals surface area contributed by atoms with Crippen LogP contribution in [0, 0.1) is 6.92 Å². The predicted molar refractivity (Wildman–Crippen MR) is 102 cm³/mol. The van der Waals surface area contributed by atoms with E-state index in [1.807, 2.05) is 38.1 Å². The van der Waals surface area contributed by atoms with Gasteiger partial charge in [0.05, 0.1) is 22.9 Å². The van der Waals surface area contributed by atoms with Crippen LogP contribution in [0.5, 0.6) is 5.75 Å². The number of nitrogens with one attached hydrogen (secondary N) is 1. The second-order valence-electron chi connectivity index (χ2n) is 5.74. The van der Waals surface area contributed by atoms with Crippen LogP contribution in [0.1, 0.15) is 36.2 Å². The maximum atomic E-state index is 12.5. The number of carbonyl (C=O) groups is 2. The van der Waals surface area contributed by atoms with Gasteiger partial charge in [0.2, 0.25) is 0 Å². The maximum Gasteiger partial charge on any atom is 0.338 e. The van der Waals surface area contributed by atoms with Crippen molar-refractivity contribution < 1.29 is 19.1 Å². The van der Waals surface area contributed by atoms with Gasteiger partial charge in [-0.1, -0.05) is 30.7 Å². The Morgan fingerprint density at radius 1 is 1.15 bits per heavy atom. The SMILES string of the molecule is CCOC(=O)c1ccc(NC(=O)[C@@H](CC)Oc2cccc(C)c2)c(Cl)c1. The molecule has 2 aromatic carbocycles. The first kappa shape index (κ1) is 19.8. The summed E-state index contributed by atoms with van der Waals surface area (Å²) in [6.07, 6.45) is -0.157. The van der Waals surface area contributed by atoms with Crippen molar-refractivity contribution >= 4 is 29.2 Å². The Balaban J connectivity index is 2.08. The van der Waals surface area contributed by atoms with Gasteiger partial charge in [-0.2, -0.15) is 0 Å². The molecule has 1 amide bonds. The molecule has 0 radical (unpaired) electrons. The van der Waals surface area contributed by atoms with Crippen LogP contribution < -0.4 is 10.1 Å². The van der Waals surface area contributed by atoms with Crippen LogP contribution in [0.15, 0.2) is 42.5 Å². The first-order chi connectivity index (χ1) is 12.4. The fraction of sp³-hybridized carbons (Fsp3) is 0.300. The summed E-state index contributed by atoms with van der Waals surface area (Å²) in [4.78, 5) is 24.2. The molecule has 0 aliphatic rings. The second-order valence-corrected chi connectivity index (χ2v) is 6.14. The lowest BCUT2D eigenvalue weighted by Crippen LogP contribution is -2.32. The normalized spacial score (nSPS) is 11.5. The molecule has 0 aliphatic carbocycles. The summed E-state index contributed by atoms with van der Waals surface area (Å²) in [6, 6.07) is 12.1. The number of benzene rings is 2. The Morgan fingerprint density at radius 2 is 1.92 bits per heavy atom. The maximum absolute atomic E-state index is 12.5. The van der Waals surface area contributed by atoms with Gasteiger partial charge < -0.3 is 14.8 Å². The average molecular weight is 376 g/mol. The van der Waals surface area contributed by atoms with Gasteiger partial charge in [-0.3, -0.25) is 4.79 Å². The van der Waals surface area contributed by atoms with Gasteiger partial charge in [-0.15, -0.1) is 0 Å². The molecule has 0 fully saturated rings. The van der Waals surface area contributed by atoms with Crippen molar-refractivity contribution in [2.75, 3.05) is 11.9 Å². The standard InChI is InChI=1S/C20H22ClNO4/c1-4-18(26-15-8-6-7-13(3)11-15)19(23)22-17-10-9-14(12-16(17)21)20(24)25-5-2/h6-12,18H,4-5H2,1-3H3,(H,22,23)/t18-/m1/s1. The fourth-order valence-electron chi connectivity index (χ4n) is 2.35. The van der Waals surface area contributed by atoms with E-state index in [4.69, 9.17) is 21.1 Å². The van der Waals surface area contributed by atoms with Crippen LogP contribution in [-0.2, 0) is 9.53 Å². The number of hydrogen-bond acceptors (Lipinski definition) is 4. The minimum Gasteiger partial charge on any atom is -0.481 e. The van der Waals surface area contributed by atoms with E-state index in [-0.39, 0.29) is 17.5 Å². The van der Waals surface area contributed by atoms with E-state index >= 15 is 0 Å². The molecule has 6 heteroatoms. The molecule has 0 heterocycles. The highest BCUT2D eigenvalue weighted by Crippen LogP contribution is 2.24. The molecular formula is C20H22ClNO4. The lowest BCUT2D eigenvalue weighted by molar-refractivity contribution is -0.122. The molecule has 0 aromatic heterocycles. The molecule has 138 valence electrons. The molecule has 1 N–H and O–H groups in total. The van der Waals surface area contributed by atoms with Crippen LogP contribution in [0.3, 0.4) is 0 Å². The molecule has 0 spiro atoms. The first-order valence-electron chi connectivity index (χ1n) is 8.45. The van der Waals surface area contributed by atoms with Gasteiger partial charge in [0.25, 0.3) is 5.91 Å². The van der Waals surface area contributed by atoms with E-state index in [2.05, 4.69) is 5.32 Å². The molecule has 0 bridgehead atoms. The van der Waals surface area contributed by atoms with Crippen LogP contribution >= 0.6 is 11.6 Å². The van der Waals surface area contributed by atoms with Gasteiger partial charge in [-0.25, -0.2) is 4.79 Å². The Bertz CT molecular complexity index is 791. The minimum absolute atomic E-state index is 0.259. The number of amides is 1. The van der Waals surface area contributed by atoms with Crippen LogP contribution in [0.4, 0.5) is 5.69 Å². The summed E-state index contributed by atoms with van der Waals surface area (Å²) in [5.74, 6) is -0.128. The molecule has 1 atom stereocenters. The lowest BCUT2D eigenvalue weighted by Gasteiger charge is -2.18. The largest absolute Gasteiger partial charge is 0.481 e. The van der Waals surface area contributed by atoms with E-state index in [0.717, 1.165) is 5.56 Å². The molecule has 2 aromatic rings. The topological polar surface area (TPSA) is 64.6 Å². The van der Waals surface area contributed by atoms with Gasteiger partial charge in [-0.05, 0) is 56.2 Å². The van der Waals surface area contributed by atoms with E-state index in [1.54, 1.807) is 19.1 Å². The molecule has 0 unspecified atom stereocenters. The Kier molecular flexibility index (Phi) is 7.04. The van der Waals surface area contributed by atoms with Crippen molar-refractivity contribution in [3.05, 3.63) is 58.6 Å². The lowest BCUT2D eigenvalue weighted by atomic mass is 10.2. The average Bonchev–Trinajstić information content (AvgIpc) is 2.61. The van der Waals surface area contributed by atoms with E-state index < -0.39 is 12.1 Å². The molecule has 26 heavy (non-hydrogen) atoms. The summed E-state index contributed by atoms with van der Waals surface area (Å²) in [7, 11) is 0. The number of rotatable bonds is 7. The molecule has 0 saturated carbocycles. The molecule has 2 rings (SSSR count). The Labute approximate surface area is 158 Å². The highest BCUT2D eigenvalue weighted by atomic mass is 35.5. The van der Waals surface area contributed by atoms with Gasteiger partial charge in [0.1, 0.15) is 5.75 Å². The number of carbonyl (C=O) groups excluding carboxylic acids is 2. The smallest absolute Gasteiger partial charge is 0.338 e. The summed E-state index contributed by atoms with van der Waals surface area (Å²) < 4.78 is 10.7. The number of halogens is 1. The van der Waals surface area contributed by atoms with Gasteiger partial charge in [0, 0.05) is 0 Å². The fourth-order valence-corrected chi connectivity index (χ4v) is 2.57. The van der Waals surface area contributed by atoms with Crippen molar-refractivity contribution in [1.29, 1.82) is 0 Å². The second kappa shape index (κ2) is 9.25. The summed E-state index contributed by atoms with van der Waals surface area (Å²) in [5.41, 5.74) is 1.80. The van der Waals surface area contributed by atoms with Crippen molar-refractivity contribution in [3.8, 4) is 5.75 Å². The van der Waals surface area contributed by atoms with Crippen molar-refractivity contribution in [2.24, 2.45) is 0 Å². The predicted octanol–water partition coefficient (Wildman–Crippen LogP) is 4.62. The van der Waals surface area contributed by atoms with Crippen molar-refractivity contribution in [3.63, 3.8) is 0 Å².